The number of benzene rings is 1. The fourth-order valence-corrected chi connectivity index (χ4v) is 3.06. The zero-order chi connectivity index (χ0) is 15.6. The van der Waals surface area contributed by atoms with Crippen molar-refractivity contribution in [2.24, 2.45) is 0 Å². The molecular weight excluding hydrogens is 358 g/mol. The molecule has 1 N–H and O–H groups in total. The number of carbonyl (C=O) groups excluding carboxylic acids is 1. The van der Waals surface area contributed by atoms with E-state index >= 15 is 0 Å². The number of carbonyl (C=O) groups is 1. The van der Waals surface area contributed by atoms with Gasteiger partial charge in [-0.1, -0.05) is 6.92 Å². The van der Waals surface area contributed by atoms with Crippen LogP contribution in [0.2, 0.25) is 0 Å². The lowest BCUT2D eigenvalue weighted by molar-refractivity contribution is -0.385. The number of thiazole rings is 1. The fraction of sp³-hybridized carbons (Fsp3) is 0.231. The van der Waals surface area contributed by atoms with Gasteiger partial charge in [0.25, 0.3) is 11.6 Å². The van der Waals surface area contributed by atoms with Crippen molar-refractivity contribution >= 4 is 44.0 Å². The average molecular weight is 370 g/mol. The largest absolute Gasteiger partial charge is 0.298 e. The number of aromatic nitrogens is 1. The Bertz CT molecular complexity index is 715. The molecule has 0 aliphatic rings. The van der Waals surface area contributed by atoms with Gasteiger partial charge in [-0.2, -0.15) is 0 Å². The van der Waals surface area contributed by atoms with Crippen molar-refractivity contribution in [2.45, 2.75) is 20.3 Å². The topological polar surface area (TPSA) is 85.1 Å². The molecular formula is C13H12BrN3O3S. The number of nitro benzene ring substituents is 1. The van der Waals surface area contributed by atoms with Gasteiger partial charge >= 0.3 is 0 Å². The molecule has 21 heavy (non-hydrogen) atoms. The number of nitrogens with zero attached hydrogens (tertiary/aromatic N) is 2. The Morgan fingerprint density at radius 2 is 2.24 bits per heavy atom. The Hall–Kier alpha value is -1.80. The zero-order valence-corrected chi connectivity index (χ0v) is 13.7. The number of nitro groups is 1. The highest BCUT2D eigenvalue weighted by atomic mass is 79.9. The first kappa shape index (κ1) is 15.6. The van der Waals surface area contributed by atoms with Crippen LogP contribution in [0.1, 0.15) is 27.9 Å². The minimum atomic E-state index is -0.538. The molecule has 1 aromatic heterocycles. The van der Waals surface area contributed by atoms with E-state index in [1.54, 1.807) is 0 Å². The molecule has 110 valence electrons. The van der Waals surface area contributed by atoms with Gasteiger partial charge < -0.3 is 0 Å². The minimum absolute atomic E-state index is 0.146. The summed E-state index contributed by atoms with van der Waals surface area (Å²) in [4.78, 5) is 27.8. The van der Waals surface area contributed by atoms with Crippen LogP contribution in [0.15, 0.2) is 22.7 Å². The summed E-state index contributed by atoms with van der Waals surface area (Å²) in [5.41, 5.74) is 1.01. The van der Waals surface area contributed by atoms with Gasteiger partial charge in [0.2, 0.25) is 0 Å². The van der Waals surface area contributed by atoms with Gasteiger partial charge in [-0.15, -0.1) is 11.3 Å². The number of hydrogen-bond acceptors (Lipinski definition) is 5. The van der Waals surface area contributed by atoms with Crippen LogP contribution in [0.5, 0.6) is 0 Å². The molecule has 2 aromatic rings. The minimum Gasteiger partial charge on any atom is -0.298 e. The van der Waals surface area contributed by atoms with E-state index in [0.717, 1.165) is 17.0 Å². The maximum absolute atomic E-state index is 12.1. The van der Waals surface area contributed by atoms with Crippen molar-refractivity contribution < 1.29 is 9.72 Å². The molecule has 0 atom stereocenters. The predicted molar refractivity (Wildman–Crippen MR) is 85.0 cm³/mol. The van der Waals surface area contributed by atoms with E-state index in [-0.39, 0.29) is 11.3 Å². The smallest absolute Gasteiger partial charge is 0.284 e. The van der Waals surface area contributed by atoms with Gasteiger partial charge in [-0.3, -0.25) is 20.2 Å². The maximum Gasteiger partial charge on any atom is 0.284 e. The van der Waals surface area contributed by atoms with Crippen LogP contribution in [0.25, 0.3) is 0 Å². The summed E-state index contributed by atoms with van der Waals surface area (Å²) in [6.07, 6.45) is 0.794. The molecule has 6 nitrogen and oxygen atoms in total. The Balaban J connectivity index is 2.24. The number of aryl methyl sites for hydroxylation is 2. The molecule has 1 heterocycles. The van der Waals surface area contributed by atoms with Crippen LogP contribution in [0, 0.1) is 17.0 Å². The standard InChI is InChI=1S/C13H12BrN3O3S/c1-3-10-7(2)21-13(15-10)16-12(18)8-4-5-9(14)11(6-8)17(19)20/h4-6H,3H2,1-2H3,(H,15,16,18). The van der Waals surface area contributed by atoms with Gasteiger partial charge in [0, 0.05) is 16.5 Å². The van der Waals surface area contributed by atoms with Crippen LogP contribution >= 0.6 is 27.3 Å². The summed E-state index contributed by atoms with van der Waals surface area (Å²) in [5.74, 6) is -0.415. The van der Waals surface area contributed by atoms with Crippen molar-refractivity contribution in [3.63, 3.8) is 0 Å². The lowest BCUT2D eigenvalue weighted by Crippen LogP contribution is -2.12. The first-order valence-corrected chi connectivity index (χ1v) is 7.75. The molecule has 2 rings (SSSR count). The molecule has 0 saturated heterocycles. The molecule has 0 unspecified atom stereocenters. The van der Waals surface area contributed by atoms with Gasteiger partial charge in [-0.05, 0) is 41.4 Å². The fourth-order valence-electron chi connectivity index (χ4n) is 1.77. The summed E-state index contributed by atoms with van der Waals surface area (Å²) in [6, 6.07) is 4.24. The van der Waals surface area contributed by atoms with Gasteiger partial charge in [0.1, 0.15) is 0 Å². The summed E-state index contributed by atoms with van der Waals surface area (Å²) >= 11 is 4.47. The molecule has 0 aliphatic heterocycles. The third-order valence-electron chi connectivity index (χ3n) is 2.85. The van der Waals surface area contributed by atoms with Crippen molar-refractivity contribution in [2.75, 3.05) is 5.32 Å². The highest BCUT2D eigenvalue weighted by Gasteiger charge is 2.17. The summed E-state index contributed by atoms with van der Waals surface area (Å²) in [6.45, 7) is 3.93. The normalized spacial score (nSPS) is 10.4. The van der Waals surface area contributed by atoms with E-state index in [2.05, 4.69) is 26.2 Å². The molecule has 0 bridgehead atoms. The van der Waals surface area contributed by atoms with Crippen molar-refractivity contribution in [3.05, 3.63) is 48.9 Å². The van der Waals surface area contributed by atoms with Crippen molar-refractivity contribution in [3.8, 4) is 0 Å². The third kappa shape index (κ3) is 3.45. The van der Waals surface area contributed by atoms with Crippen LogP contribution in [0.4, 0.5) is 10.8 Å². The molecule has 1 amide bonds. The van der Waals surface area contributed by atoms with E-state index in [4.69, 9.17) is 0 Å². The SMILES string of the molecule is CCc1nc(NC(=O)c2ccc(Br)c([N+](=O)[O-])c2)sc1C. The molecule has 0 saturated carbocycles. The Kier molecular flexibility index (Phi) is 4.69. The first-order chi connectivity index (χ1) is 9.92. The lowest BCUT2D eigenvalue weighted by atomic mass is 10.2. The molecule has 0 aliphatic carbocycles. The molecule has 1 aromatic carbocycles. The Morgan fingerprint density at radius 1 is 1.52 bits per heavy atom. The van der Waals surface area contributed by atoms with Crippen LogP contribution in [-0.2, 0) is 6.42 Å². The first-order valence-electron chi connectivity index (χ1n) is 6.14. The zero-order valence-electron chi connectivity index (χ0n) is 11.3. The summed E-state index contributed by atoms with van der Waals surface area (Å²) in [7, 11) is 0. The maximum atomic E-state index is 12.1. The summed E-state index contributed by atoms with van der Waals surface area (Å²) in [5, 5.41) is 14.0. The summed E-state index contributed by atoms with van der Waals surface area (Å²) < 4.78 is 0.336. The average Bonchev–Trinajstić information content (AvgIpc) is 2.78. The number of amides is 1. The third-order valence-corrected chi connectivity index (χ3v) is 4.45. The molecule has 0 fully saturated rings. The van der Waals surface area contributed by atoms with Crippen LogP contribution in [-0.4, -0.2) is 15.8 Å². The second kappa shape index (κ2) is 6.31. The highest BCUT2D eigenvalue weighted by molar-refractivity contribution is 9.10. The second-order valence-electron chi connectivity index (χ2n) is 4.25. The van der Waals surface area contributed by atoms with E-state index in [1.807, 2.05) is 13.8 Å². The van der Waals surface area contributed by atoms with Crippen LogP contribution < -0.4 is 5.32 Å². The van der Waals surface area contributed by atoms with E-state index in [9.17, 15) is 14.9 Å². The van der Waals surface area contributed by atoms with Gasteiger partial charge in [0.15, 0.2) is 5.13 Å². The number of anilines is 1. The lowest BCUT2D eigenvalue weighted by Gasteiger charge is -2.02. The van der Waals surface area contributed by atoms with E-state index < -0.39 is 10.8 Å². The Morgan fingerprint density at radius 3 is 2.81 bits per heavy atom. The van der Waals surface area contributed by atoms with Crippen LogP contribution in [0.3, 0.4) is 0 Å². The van der Waals surface area contributed by atoms with E-state index in [1.165, 1.54) is 29.5 Å². The number of halogens is 1. The van der Waals surface area contributed by atoms with E-state index in [0.29, 0.717) is 9.60 Å². The Labute approximate surface area is 133 Å². The van der Waals surface area contributed by atoms with Gasteiger partial charge in [0.05, 0.1) is 15.1 Å². The molecule has 0 spiro atoms. The molecule has 8 heteroatoms. The number of hydrogen-bond donors (Lipinski definition) is 1. The molecule has 0 radical (unpaired) electrons. The van der Waals surface area contributed by atoms with Crippen molar-refractivity contribution in [1.29, 1.82) is 0 Å². The quantitative estimate of drug-likeness (QED) is 0.653. The number of rotatable bonds is 4. The second-order valence-corrected chi connectivity index (χ2v) is 6.31. The highest BCUT2D eigenvalue weighted by Crippen LogP contribution is 2.27. The monoisotopic (exact) mass is 369 g/mol. The van der Waals surface area contributed by atoms with Crippen molar-refractivity contribution in [1.82, 2.24) is 4.98 Å². The number of nitrogens with one attached hydrogen (secondary N) is 1. The predicted octanol–water partition coefficient (Wildman–Crippen LogP) is 3.94. The van der Waals surface area contributed by atoms with Gasteiger partial charge in [-0.25, -0.2) is 4.98 Å².